The van der Waals surface area contributed by atoms with Gasteiger partial charge in [-0.1, -0.05) is 54.5 Å². The summed E-state index contributed by atoms with van der Waals surface area (Å²) in [5, 5.41) is 21.0. The molecule has 4 nitrogen and oxygen atoms in total. The molecule has 2 aliphatic heterocycles. The van der Waals surface area contributed by atoms with Crippen molar-refractivity contribution in [1.29, 1.82) is 0 Å². The first-order valence-electron chi connectivity index (χ1n) is 9.24. The van der Waals surface area contributed by atoms with E-state index in [1.54, 1.807) is 7.11 Å². The number of aliphatic hydroxyl groups excluding tert-OH is 1. The van der Waals surface area contributed by atoms with Crippen LogP contribution in [0, 0.1) is 5.92 Å². The second kappa shape index (κ2) is 6.77. The molecule has 0 aliphatic carbocycles. The average Bonchev–Trinajstić information content (AvgIpc) is 2.94. The summed E-state index contributed by atoms with van der Waals surface area (Å²) >= 11 is 0. The molecule has 2 aromatic rings. The van der Waals surface area contributed by atoms with Gasteiger partial charge in [-0.2, -0.15) is 0 Å². The van der Waals surface area contributed by atoms with Crippen LogP contribution < -0.4 is 5.32 Å². The van der Waals surface area contributed by atoms with E-state index in [1.165, 1.54) is 16.3 Å². The minimum Gasteiger partial charge on any atom is -0.399 e. The number of fused-ring (bicyclic) bond motifs is 3. The van der Waals surface area contributed by atoms with Crippen LogP contribution in [0.3, 0.4) is 0 Å². The molecule has 0 saturated carbocycles. The Balaban J connectivity index is 1.77. The van der Waals surface area contributed by atoms with Gasteiger partial charge in [0.25, 0.3) is 0 Å². The van der Waals surface area contributed by atoms with Crippen molar-refractivity contribution in [2.45, 2.75) is 50.3 Å². The molecule has 2 bridgehead atoms. The molecule has 2 N–H and O–H groups in total. The van der Waals surface area contributed by atoms with Gasteiger partial charge in [-0.3, -0.25) is 0 Å². The van der Waals surface area contributed by atoms with Gasteiger partial charge in [0.05, 0.1) is 11.8 Å². The Morgan fingerprint density at radius 2 is 2.00 bits per heavy atom. The van der Waals surface area contributed by atoms with Crippen molar-refractivity contribution >= 4 is 16.5 Å². The van der Waals surface area contributed by atoms with Gasteiger partial charge in [-0.05, 0) is 41.5 Å². The van der Waals surface area contributed by atoms with Gasteiger partial charge in [-0.15, -0.1) is 0 Å². The first-order chi connectivity index (χ1) is 12.2. The summed E-state index contributed by atoms with van der Waals surface area (Å²) < 4.78 is 0. The van der Waals surface area contributed by atoms with E-state index in [4.69, 9.17) is 4.84 Å². The summed E-state index contributed by atoms with van der Waals surface area (Å²) in [4.78, 5) is 5.12. The van der Waals surface area contributed by atoms with Crippen LogP contribution in [-0.4, -0.2) is 36.1 Å². The molecule has 2 saturated heterocycles. The van der Waals surface area contributed by atoms with Gasteiger partial charge in [0.1, 0.15) is 7.11 Å². The van der Waals surface area contributed by atoms with Crippen LogP contribution in [0.25, 0.3) is 10.8 Å². The molecule has 25 heavy (non-hydrogen) atoms. The molecule has 2 heterocycles. The van der Waals surface area contributed by atoms with Crippen molar-refractivity contribution in [3.05, 3.63) is 48.0 Å². The fourth-order valence-corrected chi connectivity index (χ4v) is 4.80. The van der Waals surface area contributed by atoms with Crippen molar-refractivity contribution in [1.82, 2.24) is 5.32 Å². The number of nitrogens with one attached hydrogen (secondary N) is 1. The lowest BCUT2D eigenvalue weighted by Gasteiger charge is -2.39. The zero-order chi connectivity index (χ0) is 17.4. The van der Waals surface area contributed by atoms with Crippen molar-refractivity contribution < 1.29 is 9.94 Å². The number of benzene rings is 2. The number of hydrogen-bond acceptors (Lipinski definition) is 4. The van der Waals surface area contributed by atoms with Gasteiger partial charge in [0.2, 0.25) is 0 Å². The maximum Gasteiger partial charge on any atom is 0.106 e. The summed E-state index contributed by atoms with van der Waals surface area (Å²) in [6.07, 6.45) is 2.38. The topological polar surface area (TPSA) is 53.9 Å². The molecule has 5 atom stereocenters. The Labute approximate surface area is 148 Å². The Morgan fingerprint density at radius 1 is 1.20 bits per heavy atom. The maximum absolute atomic E-state index is 10.6. The molecular weight excluding hydrogens is 312 g/mol. The number of hydrogen-bond donors (Lipinski definition) is 2. The molecule has 2 aromatic carbocycles. The van der Waals surface area contributed by atoms with Gasteiger partial charge in [0.15, 0.2) is 0 Å². The number of nitrogens with zero attached hydrogens (tertiary/aromatic N) is 1. The quantitative estimate of drug-likeness (QED) is 0.663. The van der Waals surface area contributed by atoms with Gasteiger partial charge < -0.3 is 15.3 Å². The standard InChI is InChI=1S/C21H26N2O2/c1-3-18(23-25-2)20-17(11-16-12-19(24)21(20)22-16)15-9-8-13-6-4-5-7-14(13)10-15/h4-10,16-17,19-22,24H,3,11-12H2,1-2H3/t16?,17-,19?,20-,21+/m1/s1. The average molecular weight is 338 g/mol. The lowest BCUT2D eigenvalue weighted by atomic mass is 9.73. The number of oxime groups is 1. The third-order valence-electron chi connectivity index (χ3n) is 5.88. The van der Waals surface area contributed by atoms with E-state index in [-0.39, 0.29) is 18.1 Å². The van der Waals surface area contributed by atoms with Crippen LogP contribution in [0.5, 0.6) is 0 Å². The Bertz CT molecular complexity index is 788. The summed E-state index contributed by atoms with van der Waals surface area (Å²) in [5.41, 5.74) is 2.38. The lowest BCUT2D eigenvalue weighted by Crippen LogP contribution is -2.50. The molecule has 2 aliphatic rings. The molecule has 4 heteroatoms. The highest BCUT2D eigenvalue weighted by Crippen LogP contribution is 2.43. The van der Waals surface area contributed by atoms with Crippen LogP contribution in [0.2, 0.25) is 0 Å². The molecule has 132 valence electrons. The lowest BCUT2D eigenvalue weighted by molar-refractivity contribution is 0.136. The first-order valence-corrected chi connectivity index (χ1v) is 9.24. The van der Waals surface area contributed by atoms with Crippen molar-refractivity contribution in [3.63, 3.8) is 0 Å². The van der Waals surface area contributed by atoms with Crippen LogP contribution in [0.1, 0.15) is 37.7 Å². The summed E-state index contributed by atoms with van der Waals surface area (Å²) in [6.45, 7) is 2.11. The monoisotopic (exact) mass is 338 g/mol. The van der Waals surface area contributed by atoms with Crippen LogP contribution >= 0.6 is 0 Å². The van der Waals surface area contributed by atoms with Crippen molar-refractivity contribution in [2.75, 3.05) is 7.11 Å². The summed E-state index contributed by atoms with van der Waals surface area (Å²) in [7, 11) is 1.60. The van der Waals surface area contributed by atoms with E-state index in [0.29, 0.717) is 12.0 Å². The molecule has 0 amide bonds. The molecule has 2 fully saturated rings. The third-order valence-corrected chi connectivity index (χ3v) is 5.88. The summed E-state index contributed by atoms with van der Waals surface area (Å²) in [5.74, 6) is 0.520. The van der Waals surface area contributed by atoms with Crippen molar-refractivity contribution in [2.24, 2.45) is 11.1 Å². The Kier molecular flexibility index (Phi) is 4.48. The largest absolute Gasteiger partial charge is 0.399 e. The molecule has 2 unspecified atom stereocenters. The van der Waals surface area contributed by atoms with Crippen LogP contribution in [0.15, 0.2) is 47.6 Å². The van der Waals surface area contributed by atoms with E-state index in [1.807, 2.05) is 0 Å². The van der Waals surface area contributed by atoms with E-state index in [2.05, 4.69) is 59.9 Å². The fourth-order valence-electron chi connectivity index (χ4n) is 4.80. The highest BCUT2D eigenvalue weighted by atomic mass is 16.6. The second-order valence-electron chi connectivity index (χ2n) is 7.29. The van der Waals surface area contributed by atoms with Crippen LogP contribution in [0.4, 0.5) is 0 Å². The summed E-state index contributed by atoms with van der Waals surface area (Å²) in [6, 6.07) is 15.7. The van der Waals surface area contributed by atoms with Crippen molar-refractivity contribution in [3.8, 4) is 0 Å². The fraction of sp³-hybridized carbons (Fsp3) is 0.476. The Hall–Kier alpha value is -1.91. The first kappa shape index (κ1) is 16.6. The maximum atomic E-state index is 10.6. The van der Waals surface area contributed by atoms with Gasteiger partial charge >= 0.3 is 0 Å². The van der Waals surface area contributed by atoms with Gasteiger partial charge in [-0.25, -0.2) is 0 Å². The zero-order valence-corrected chi connectivity index (χ0v) is 14.9. The third kappa shape index (κ3) is 2.94. The van der Waals surface area contributed by atoms with Crippen LogP contribution in [-0.2, 0) is 4.84 Å². The molecule has 4 rings (SSSR count). The van der Waals surface area contributed by atoms with Gasteiger partial charge in [0, 0.05) is 18.0 Å². The normalized spacial score (nSPS) is 32.1. The molecule has 0 aromatic heterocycles. The smallest absolute Gasteiger partial charge is 0.106 e. The predicted octanol–water partition coefficient (Wildman–Crippen LogP) is 3.45. The number of rotatable bonds is 4. The second-order valence-corrected chi connectivity index (χ2v) is 7.29. The SMILES string of the molecule is CCC(=NOC)[C@H]1[C@@H](c2ccc3ccccc3c2)CC2CC(O)[C@@H]1N2. The van der Waals surface area contributed by atoms with E-state index in [0.717, 1.165) is 25.0 Å². The molecule has 0 spiro atoms. The van der Waals surface area contributed by atoms with E-state index < -0.39 is 0 Å². The minimum atomic E-state index is -0.311. The number of aliphatic hydroxyl groups is 1. The molecule has 0 radical (unpaired) electrons. The predicted molar refractivity (Wildman–Crippen MR) is 101 cm³/mol. The Morgan fingerprint density at radius 3 is 2.76 bits per heavy atom. The highest BCUT2D eigenvalue weighted by molar-refractivity contribution is 5.89. The highest BCUT2D eigenvalue weighted by Gasteiger charge is 2.48. The minimum absolute atomic E-state index is 0.0593. The molecular formula is C21H26N2O2. The number of piperidine rings is 1. The van der Waals surface area contributed by atoms with E-state index in [9.17, 15) is 5.11 Å². The van der Waals surface area contributed by atoms with E-state index >= 15 is 0 Å². The zero-order valence-electron chi connectivity index (χ0n) is 14.9.